The third kappa shape index (κ3) is 19.5. The first-order valence-electron chi connectivity index (χ1n) is 0. The summed E-state index contributed by atoms with van der Waals surface area (Å²) in [5.74, 6) is 0. The molecular weight excluding hydrogens is 373 g/mol. The predicted molar refractivity (Wildman–Crippen MR) is 2.06 cm³/mol. The Morgan fingerprint density at radius 3 is 0.600 bits per heavy atom. The molecule has 5 heteroatoms. The smallest absolute Gasteiger partial charge is 2.00 e. The van der Waals surface area contributed by atoms with Crippen LogP contribution in [0.1, 0.15) is 0 Å². The Balaban J connectivity index is 0. The molecule has 0 aromatic carbocycles. The topological polar surface area (TPSA) is 85.5 Å². The first kappa shape index (κ1) is 43.7. The molecule has 3 nitrogen and oxygen atoms in total. The molecule has 0 fully saturated rings. The summed E-state index contributed by atoms with van der Waals surface area (Å²) in [5, 5.41) is 0. The molecule has 0 saturated heterocycles. The molecule has 0 saturated carbocycles. The number of hydrogen-bond acceptors (Lipinski definition) is 0. The predicted octanol–water partition coefficient (Wildman–Crippen LogP) is -0.356. The van der Waals surface area contributed by atoms with E-state index in [1.54, 1.807) is 0 Å². The summed E-state index contributed by atoms with van der Waals surface area (Å²) in [6, 6.07) is 0. The van der Waals surface area contributed by atoms with Crippen molar-refractivity contribution < 1.29 is 113 Å². The van der Waals surface area contributed by atoms with Crippen LogP contribution >= 0.6 is 0 Å². The van der Waals surface area contributed by atoms with Crippen molar-refractivity contribution in [3.8, 4) is 0 Å². The van der Waals surface area contributed by atoms with Gasteiger partial charge in [0.2, 0.25) is 0 Å². The van der Waals surface area contributed by atoms with E-state index < -0.39 is 0 Å². The van der Waals surface area contributed by atoms with E-state index in [4.69, 9.17) is 0 Å². The Bertz CT molecular complexity index is 6.85. The van der Waals surface area contributed by atoms with E-state index in [9.17, 15) is 0 Å². The fourth-order valence-electron chi connectivity index (χ4n) is 0. The first-order valence-corrected chi connectivity index (χ1v) is 0. The summed E-state index contributed by atoms with van der Waals surface area (Å²) in [4.78, 5) is 0. The third-order valence-corrected chi connectivity index (χ3v) is 0. The van der Waals surface area contributed by atoms with Crippen molar-refractivity contribution in [2.24, 2.45) is 0 Å². The second-order valence-electron chi connectivity index (χ2n) is 0. The molecule has 1 radical (unpaired) electrons. The second-order valence-corrected chi connectivity index (χ2v) is 0. The molecule has 0 spiro atoms. The van der Waals surface area contributed by atoms with Gasteiger partial charge in [-0.05, 0) is 0 Å². The van der Waals surface area contributed by atoms with Crippen molar-refractivity contribution in [2.45, 2.75) is 0 Å². The van der Waals surface area contributed by atoms with Gasteiger partial charge in [-0.25, -0.2) is 0 Å². The van der Waals surface area contributed by atoms with Crippen LogP contribution in [-0.2, 0) is 16.4 Å². The van der Waals surface area contributed by atoms with E-state index >= 15 is 0 Å². The van der Waals surface area contributed by atoms with E-state index in [0.717, 1.165) is 0 Å². The maximum Gasteiger partial charge on any atom is 3.00 e. The van der Waals surface area contributed by atoms with Gasteiger partial charge in [-0.3, -0.25) is 0 Å². The molecule has 0 aliphatic carbocycles. The summed E-state index contributed by atoms with van der Waals surface area (Å²) in [5.41, 5.74) is 0. The SMILES string of the molecule is [Eu+3].[O-2].[O-2].[O-2].[Yb+3]. The minimum Gasteiger partial charge on any atom is -2.00 e. The van der Waals surface area contributed by atoms with Crippen LogP contribution in [-0.4, -0.2) is 0 Å². The van der Waals surface area contributed by atoms with Gasteiger partial charge >= 0.3 is 96.3 Å². The summed E-state index contributed by atoms with van der Waals surface area (Å²) in [7, 11) is 0. The van der Waals surface area contributed by atoms with Crippen molar-refractivity contribution in [1.29, 1.82) is 0 Å². The van der Waals surface area contributed by atoms with Gasteiger partial charge in [-0.2, -0.15) is 0 Å². The van der Waals surface area contributed by atoms with Crippen molar-refractivity contribution in [2.75, 3.05) is 0 Å². The van der Waals surface area contributed by atoms with Gasteiger partial charge in [-0.15, -0.1) is 0 Å². The molecule has 0 aliphatic rings. The molecule has 0 aliphatic heterocycles. The Labute approximate surface area is 110 Å². The van der Waals surface area contributed by atoms with E-state index in [1.807, 2.05) is 0 Å². The molecule has 0 N–H and O–H groups in total. The minimum absolute atomic E-state index is 0. The summed E-state index contributed by atoms with van der Waals surface area (Å²) >= 11 is 0. The zero-order chi connectivity index (χ0) is 0. The molecule has 39 valence electrons. The average molecular weight is 373 g/mol. The Morgan fingerprint density at radius 1 is 0.600 bits per heavy atom. The summed E-state index contributed by atoms with van der Waals surface area (Å²) in [6.45, 7) is 0. The van der Waals surface area contributed by atoms with E-state index in [1.165, 1.54) is 0 Å². The van der Waals surface area contributed by atoms with Crippen LogP contribution < -0.4 is 0 Å². The summed E-state index contributed by atoms with van der Waals surface area (Å²) in [6.07, 6.45) is 0. The third-order valence-electron chi connectivity index (χ3n) is 0. The van der Waals surface area contributed by atoms with Crippen LogP contribution in [0.15, 0.2) is 0 Å². The molecule has 5 heavy (non-hydrogen) atoms. The maximum absolute atomic E-state index is 0. The van der Waals surface area contributed by atoms with Crippen LogP contribution in [0.25, 0.3) is 0 Å². The van der Waals surface area contributed by atoms with Gasteiger partial charge in [0.05, 0.1) is 0 Å². The molecule has 0 atom stereocenters. The summed E-state index contributed by atoms with van der Waals surface area (Å²) < 4.78 is 0. The first-order chi connectivity index (χ1) is 0. The Morgan fingerprint density at radius 2 is 0.600 bits per heavy atom. The van der Waals surface area contributed by atoms with E-state index in [2.05, 4.69) is 0 Å². The molecule has 0 unspecified atom stereocenters. The second kappa shape index (κ2) is 28.1. The molecule has 0 rings (SSSR count). The van der Waals surface area contributed by atoms with Crippen LogP contribution in [0.2, 0.25) is 0 Å². The van der Waals surface area contributed by atoms with Gasteiger partial charge in [0.15, 0.2) is 0 Å². The monoisotopic (exact) mass is 375 g/mol. The fraction of sp³-hybridized carbons (Fsp3) is 0. The molecule has 0 bridgehead atoms. The van der Waals surface area contributed by atoms with Crippen LogP contribution in [0.3, 0.4) is 0 Å². The van der Waals surface area contributed by atoms with Crippen molar-refractivity contribution >= 4 is 0 Å². The minimum atomic E-state index is 0. The quantitative estimate of drug-likeness (QED) is 0.556. The molecular formula is EuO3Yb. The Hall–Kier alpha value is 2.98. The van der Waals surface area contributed by atoms with Crippen LogP contribution in [0.4, 0.5) is 0 Å². The maximum atomic E-state index is 0. The van der Waals surface area contributed by atoms with Gasteiger partial charge in [-0.1, -0.05) is 0 Å². The number of hydrogen-bond donors (Lipinski definition) is 0. The standard InChI is InChI=1S/Eu.3O.Yb/q+3;3*-2;+3. The number of rotatable bonds is 0. The van der Waals surface area contributed by atoms with Gasteiger partial charge in [0.25, 0.3) is 0 Å². The van der Waals surface area contributed by atoms with Crippen molar-refractivity contribution in [3.63, 3.8) is 0 Å². The van der Waals surface area contributed by atoms with Crippen LogP contribution in [0.5, 0.6) is 0 Å². The van der Waals surface area contributed by atoms with E-state index in [0.29, 0.717) is 0 Å². The normalized spacial score (nSPS) is 0. The van der Waals surface area contributed by atoms with Crippen LogP contribution in [0, 0.1) is 96.3 Å². The molecule has 0 aromatic rings. The van der Waals surface area contributed by atoms with Crippen molar-refractivity contribution in [3.05, 3.63) is 0 Å². The molecule has 0 heterocycles. The molecule has 0 amide bonds. The van der Waals surface area contributed by atoms with Gasteiger partial charge in [0.1, 0.15) is 0 Å². The zero-order valence-corrected chi connectivity index (χ0v) is 6.01. The molecule has 0 aromatic heterocycles. The fourth-order valence-corrected chi connectivity index (χ4v) is 0. The van der Waals surface area contributed by atoms with Crippen molar-refractivity contribution in [1.82, 2.24) is 0 Å². The largest absolute Gasteiger partial charge is 3.00 e. The van der Waals surface area contributed by atoms with E-state index in [-0.39, 0.29) is 113 Å². The Kier molecular flexibility index (Phi) is 246. The van der Waals surface area contributed by atoms with Gasteiger partial charge < -0.3 is 16.4 Å². The average Bonchev–Trinajstić information content (AvgIpc) is 0. The van der Waals surface area contributed by atoms with Gasteiger partial charge in [0, 0.05) is 0 Å². The zero-order valence-electron chi connectivity index (χ0n) is 1.87.